The molecule has 0 heterocycles. The Hall–Kier alpha value is -1.53. The summed E-state index contributed by atoms with van der Waals surface area (Å²) in [6.07, 6.45) is 0. The number of hydrogen-bond donors (Lipinski definition) is 1. The van der Waals surface area contributed by atoms with E-state index in [4.69, 9.17) is 46.4 Å². The highest BCUT2D eigenvalue weighted by atomic mass is 35.5. The van der Waals surface area contributed by atoms with Crippen molar-refractivity contribution in [2.24, 2.45) is 0 Å². The molecule has 5 nitrogen and oxygen atoms in total. The first kappa shape index (κ1) is 16.8. The molecule has 0 aliphatic heterocycles. The van der Waals surface area contributed by atoms with Crippen LogP contribution in [-0.4, -0.2) is 10.8 Å². The van der Waals surface area contributed by atoms with Crippen molar-refractivity contribution in [3.63, 3.8) is 0 Å². The second-order valence-electron chi connectivity index (χ2n) is 4.12. The van der Waals surface area contributed by atoms with Gasteiger partial charge >= 0.3 is 0 Å². The predicted molar refractivity (Wildman–Crippen MR) is 87.5 cm³/mol. The van der Waals surface area contributed by atoms with E-state index < -0.39 is 10.8 Å². The number of nitro benzene ring substituents is 1. The maximum Gasteiger partial charge on any atom is 0.282 e. The van der Waals surface area contributed by atoms with E-state index in [1.54, 1.807) is 0 Å². The van der Waals surface area contributed by atoms with Crippen molar-refractivity contribution in [2.45, 2.75) is 0 Å². The Morgan fingerprint density at radius 1 is 1.00 bits per heavy atom. The fourth-order valence-corrected chi connectivity index (χ4v) is 2.42. The van der Waals surface area contributed by atoms with Crippen molar-refractivity contribution in [1.29, 1.82) is 0 Å². The van der Waals surface area contributed by atoms with Gasteiger partial charge in [0.05, 0.1) is 25.7 Å². The van der Waals surface area contributed by atoms with Gasteiger partial charge in [-0.2, -0.15) is 0 Å². The Balaban J connectivity index is 2.40. The van der Waals surface area contributed by atoms with Gasteiger partial charge in [0.2, 0.25) is 0 Å². The standard InChI is InChI=1S/C13H6Cl4N2O3/c14-6-1-2-12(19(21)22)7(3-6)13(20)18-11-5-9(16)8(15)4-10(11)17/h1-5H,(H,18,20). The zero-order valence-corrected chi connectivity index (χ0v) is 13.6. The van der Waals surface area contributed by atoms with Crippen LogP contribution >= 0.6 is 46.4 Å². The SMILES string of the molecule is O=C(Nc1cc(Cl)c(Cl)cc1Cl)c1cc(Cl)ccc1[N+](=O)[O-]. The van der Waals surface area contributed by atoms with E-state index >= 15 is 0 Å². The molecule has 0 aliphatic carbocycles. The molecule has 0 aliphatic rings. The van der Waals surface area contributed by atoms with Crippen molar-refractivity contribution in [1.82, 2.24) is 0 Å². The largest absolute Gasteiger partial charge is 0.320 e. The normalized spacial score (nSPS) is 10.4. The van der Waals surface area contributed by atoms with E-state index in [-0.39, 0.29) is 37.0 Å². The number of nitro groups is 1. The van der Waals surface area contributed by atoms with Gasteiger partial charge in [-0.15, -0.1) is 0 Å². The lowest BCUT2D eigenvalue weighted by atomic mass is 10.1. The molecular weight excluding hydrogens is 374 g/mol. The van der Waals surface area contributed by atoms with Crippen molar-refractivity contribution < 1.29 is 9.72 Å². The number of anilines is 1. The minimum atomic E-state index is -0.741. The maximum absolute atomic E-state index is 12.2. The van der Waals surface area contributed by atoms with Crippen molar-refractivity contribution >= 4 is 63.7 Å². The molecule has 1 amide bonds. The first-order valence-corrected chi connectivity index (χ1v) is 7.20. The minimum Gasteiger partial charge on any atom is -0.320 e. The summed E-state index contributed by atoms with van der Waals surface area (Å²) in [5.74, 6) is -0.741. The van der Waals surface area contributed by atoms with E-state index in [1.807, 2.05) is 0 Å². The highest BCUT2D eigenvalue weighted by Crippen LogP contribution is 2.33. The molecule has 0 atom stereocenters. The van der Waals surface area contributed by atoms with Gasteiger partial charge in [0.25, 0.3) is 11.6 Å². The zero-order valence-electron chi connectivity index (χ0n) is 10.6. The van der Waals surface area contributed by atoms with Gasteiger partial charge in [-0.05, 0) is 24.3 Å². The highest BCUT2D eigenvalue weighted by Gasteiger charge is 2.21. The Bertz CT molecular complexity index is 780. The van der Waals surface area contributed by atoms with Crippen LogP contribution in [0.4, 0.5) is 11.4 Å². The average molecular weight is 380 g/mol. The molecule has 2 aromatic rings. The van der Waals surface area contributed by atoms with E-state index in [2.05, 4.69) is 5.32 Å². The van der Waals surface area contributed by atoms with Crippen LogP contribution in [0.2, 0.25) is 20.1 Å². The molecule has 9 heteroatoms. The second-order valence-corrected chi connectivity index (χ2v) is 5.78. The molecular formula is C13H6Cl4N2O3. The van der Waals surface area contributed by atoms with E-state index in [9.17, 15) is 14.9 Å². The smallest absolute Gasteiger partial charge is 0.282 e. The fraction of sp³-hybridized carbons (Fsp3) is 0. The molecule has 0 saturated heterocycles. The number of halogens is 4. The third-order valence-corrected chi connectivity index (χ3v) is 3.93. The van der Waals surface area contributed by atoms with Crippen LogP contribution in [-0.2, 0) is 0 Å². The van der Waals surface area contributed by atoms with Crippen LogP contribution in [0.25, 0.3) is 0 Å². The first-order chi connectivity index (χ1) is 10.3. The van der Waals surface area contributed by atoms with Crippen molar-refractivity contribution in [2.75, 3.05) is 5.32 Å². The summed E-state index contributed by atoms with van der Waals surface area (Å²) in [5, 5.41) is 14.2. The van der Waals surface area contributed by atoms with Gasteiger partial charge in [-0.3, -0.25) is 14.9 Å². The molecule has 2 aromatic carbocycles. The lowest BCUT2D eigenvalue weighted by Crippen LogP contribution is -2.14. The lowest BCUT2D eigenvalue weighted by molar-refractivity contribution is -0.385. The van der Waals surface area contributed by atoms with Crippen LogP contribution < -0.4 is 5.32 Å². The van der Waals surface area contributed by atoms with Crippen LogP contribution in [0.3, 0.4) is 0 Å². The number of carbonyl (C=O) groups is 1. The number of nitrogens with zero attached hydrogens (tertiary/aromatic N) is 1. The molecule has 0 aromatic heterocycles. The topological polar surface area (TPSA) is 72.2 Å². The molecule has 0 unspecified atom stereocenters. The fourth-order valence-electron chi connectivity index (χ4n) is 1.66. The van der Waals surface area contributed by atoms with Crippen LogP contribution in [0.15, 0.2) is 30.3 Å². The maximum atomic E-state index is 12.2. The van der Waals surface area contributed by atoms with Crippen molar-refractivity contribution in [3.05, 3.63) is 66.1 Å². The van der Waals surface area contributed by atoms with Gasteiger partial charge < -0.3 is 5.32 Å². The van der Waals surface area contributed by atoms with Gasteiger partial charge in [0, 0.05) is 11.1 Å². The monoisotopic (exact) mass is 378 g/mol. The Kier molecular flexibility index (Phi) is 5.13. The summed E-state index contributed by atoms with van der Waals surface area (Å²) in [6.45, 7) is 0. The Morgan fingerprint density at radius 3 is 2.27 bits per heavy atom. The third-order valence-electron chi connectivity index (χ3n) is 2.66. The number of hydrogen-bond acceptors (Lipinski definition) is 3. The van der Waals surface area contributed by atoms with Gasteiger partial charge in [-0.1, -0.05) is 46.4 Å². The first-order valence-electron chi connectivity index (χ1n) is 5.69. The molecule has 0 radical (unpaired) electrons. The summed E-state index contributed by atoms with van der Waals surface area (Å²) in [6, 6.07) is 6.37. The van der Waals surface area contributed by atoms with Crippen LogP contribution in [0.5, 0.6) is 0 Å². The van der Waals surface area contributed by atoms with E-state index in [0.29, 0.717) is 0 Å². The molecule has 0 spiro atoms. The molecule has 0 saturated carbocycles. The number of carbonyl (C=O) groups excluding carboxylic acids is 1. The van der Waals surface area contributed by atoms with Crippen molar-refractivity contribution in [3.8, 4) is 0 Å². The summed E-state index contributed by atoms with van der Waals surface area (Å²) < 4.78 is 0. The molecule has 0 fully saturated rings. The average Bonchev–Trinajstić information content (AvgIpc) is 2.44. The highest BCUT2D eigenvalue weighted by molar-refractivity contribution is 6.44. The molecule has 0 bridgehead atoms. The summed E-state index contributed by atoms with van der Waals surface area (Å²) >= 11 is 23.4. The summed E-state index contributed by atoms with van der Waals surface area (Å²) in [4.78, 5) is 22.5. The third kappa shape index (κ3) is 3.62. The van der Waals surface area contributed by atoms with Crippen LogP contribution in [0, 0.1) is 10.1 Å². The number of amides is 1. The molecule has 22 heavy (non-hydrogen) atoms. The zero-order chi connectivity index (χ0) is 16.4. The quantitative estimate of drug-likeness (QED) is 0.437. The number of benzene rings is 2. The summed E-state index contributed by atoms with van der Waals surface area (Å²) in [5.41, 5.74) is -0.395. The Morgan fingerprint density at radius 2 is 1.64 bits per heavy atom. The number of nitrogens with one attached hydrogen (secondary N) is 1. The second kappa shape index (κ2) is 6.71. The predicted octanol–water partition coefficient (Wildman–Crippen LogP) is 5.46. The summed E-state index contributed by atoms with van der Waals surface area (Å²) in [7, 11) is 0. The van der Waals surface area contributed by atoms with Gasteiger partial charge in [0.1, 0.15) is 5.56 Å². The van der Waals surface area contributed by atoms with E-state index in [0.717, 1.165) is 6.07 Å². The van der Waals surface area contributed by atoms with Crippen LogP contribution in [0.1, 0.15) is 10.4 Å². The molecule has 2 rings (SSSR count). The Labute approximate surface area is 144 Å². The van der Waals surface area contributed by atoms with Gasteiger partial charge in [-0.25, -0.2) is 0 Å². The number of rotatable bonds is 3. The molecule has 114 valence electrons. The minimum absolute atomic E-state index is 0.146. The molecule has 1 N–H and O–H groups in total. The lowest BCUT2D eigenvalue weighted by Gasteiger charge is -2.09. The van der Waals surface area contributed by atoms with Gasteiger partial charge in [0.15, 0.2) is 0 Å². The van der Waals surface area contributed by atoms with E-state index in [1.165, 1.54) is 24.3 Å².